The average Bonchev–Trinajstić information content (AvgIpc) is 2.78. The predicted molar refractivity (Wildman–Crippen MR) is 80.5 cm³/mol. The molecule has 4 nitrogen and oxygen atoms in total. The minimum Gasteiger partial charge on any atom is -0.465 e. The molecular weight excluding hydrogens is 280 g/mol. The van der Waals surface area contributed by atoms with E-state index in [1.165, 1.54) is 18.4 Å². The minimum absolute atomic E-state index is 0.399. The maximum atomic E-state index is 11.5. The molecule has 0 aliphatic carbocycles. The van der Waals surface area contributed by atoms with Crippen LogP contribution in [0.25, 0.3) is 0 Å². The smallest absolute Gasteiger partial charge is 0.340 e. The van der Waals surface area contributed by atoms with Gasteiger partial charge in [0, 0.05) is 21.2 Å². The largest absolute Gasteiger partial charge is 0.465 e. The number of nitrogen functional groups attached to an aromatic ring is 2. The Morgan fingerprint density at radius 2 is 2.11 bits per heavy atom. The van der Waals surface area contributed by atoms with Crippen molar-refractivity contribution in [1.82, 2.24) is 0 Å². The summed E-state index contributed by atoms with van der Waals surface area (Å²) in [5, 5.41) is 0.489. The van der Waals surface area contributed by atoms with Gasteiger partial charge < -0.3 is 16.2 Å². The summed E-state index contributed by atoms with van der Waals surface area (Å²) in [6.07, 6.45) is 0. The lowest BCUT2D eigenvalue weighted by Crippen LogP contribution is -2.01. The van der Waals surface area contributed by atoms with Crippen molar-refractivity contribution in [2.75, 3.05) is 18.6 Å². The summed E-state index contributed by atoms with van der Waals surface area (Å²) >= 11 is 3.02. The summed E-state index contributed by atoms with van der Waals surface area (Å²) < 4.78 is 4.67. The first-order chi connectivity index (χ1) is 9.11. The monoisotopic (exact) mass is 294 g/mol. The highest BCUT2D eigenvalue weighted by atomic mass is 32.2. The molecule has 2 aromatic rings. The van der Waals surface area contributed by atoms with E-state index in [0.29, 0.717) is 10.6 Å². The maximum Gasteiger partial charge on any atom is 0.340 e. The molecule has 0 saturated carbocycles. The number of rotatable bonds is 4. The summed E-state index contributed by atoms with van der Waals surface area (Å²) in [7, 11) is 1.35. The Kier molecular flexibility index (Phi) is 4.34. The number of nitrogens with two attached hydrogens (primary N) is 2. The van der Waals surface area contributed by atoms with Crippen molar-refractivity contribution < 1.29 is 9.53 Å². The molecule has 0 spiro atoms. The summed E-state index contributed by atoms with van der Waals surface area (Å²) in [6.45, 7) is 0. The molecule has 1 heterocycles. The Labute approximate surface area is 119 Å². The van der Waals surface area contributed by atoms with Crippen molar-refractivity contribution in [2.45, 2.75) is 10.6 Å². The third kappa shape index (κ3) is 3.21. The van der Waals surface area contributed by atoms with Crippen molar-refractivity contribution in [3.05, 3.63) is 40.8 Å². The molecule has 0 amide bonds. The molecule has 19 heavy (non-hydrogen) atoms. The zero-order valence-electron chi connectivity index (χ0n) is 10.4. The van der Waals surface area contributed by atoms with E-state index >= 15 is 0 Å². The van der Waals surface area contributed by atoms with Crippen LogP contribution in [-0.4, -0.2) is 13.1 Å². The first-order valence-corrected chi connectivity index (χ1v) is 7.36. The molecule has 6 heteroatoms. The van der Waals surface area contributed by atoms with Crippen LogP contribution in [0.2, 0.25) is 0 Å². The second-order valence-corrected chi connectivity index (χ2v) is 5.99. The number of thioether (sulfide) groups is 1. The molecule has 2 rings (SSSR count). The number of benzene rings is 1. The lowest BCUT2D eigenvalue weighted by molar-refractivity contribution is 0.0602. The van der Waals surface area contributed by atoms with Crippen molar-refractivity contribution >= 4 is 39.8 Å². The lowest BCUT2D eigenvalue weighted by atomic mass is 10.3. The van der Waals surface area contributed by atoms with Crippen molar-refractivity contribution in [3.63, 3.8) is 0 Å². The van der Waals surface area contributed by atoms with Gasteiger partial charge in [0.1, 0.15) is 5.00 Å². The van der Waals surface area contributed by atoms with Crippen LogP contribution in [0.15, 0.2) is 35.2 Å². The lowest BCUT2D eigenvalue weighted by Gasteiger charge is -2.02. The fourth-order valence-corrected chi connectivity index (χ4v) is 3.47. The summed E-state index contributed by atoms with van der Waals surface area (Å²) in [6, 6.07) is 9.46. The van der Waals surface area contributed by atoms with Gasteiger partial charge in [-0.1, -0.05) is 12.1 Å². The Balaban J connectivity index is 2.09. The number of anilines is 2. The fourth-order valence-electron chi connectivity index (χ4n) is 1.56. The summed E-state index contributed by atoms with van der Waals surface area (Å²) in [5.41, 5.74) is 12.9. The number of ether oxygens (including phenoxy) is 1. The number of carbonyl (C=O) groups is 1. The zero-order chi connectivity index (χ0) is 13.8. The highest BCUT2D eigenvalue weighted by Crippen LogP contribution is 2.33. The third-order valence-electron chi connectivity index (χ3n) is 2.51. The van der Waals surface area contributed by atoms with Crippen LogP contribution in [-0.2, 0) is 10.5 Å². The topological polar surface area (TPSA) is 78.3 Å². The number of hydrogen-bond acceptors (Lipinski definition) is 6. The Morgan fingerprint density at radius 3 is 2.79 bits per heavy atom. The second-order valence-electron chi connectivity index (χ2n) is 3.81. The van der Waals surface area contributed by atoms with Gasteiger partial charge in [0.2, 0.25) is 0 Å². The number of methoxy groups -OCH3 is 1. The van der Waals surface area contributed by atoms with Crippen LogP contribution in [0, 0.1) is 0 Å². The summed E-state index contributed by atoms with van der Waals surface area (Å²) in [5.74, 6) is 0.323. The molecule has 0 unspecified atom stereocenters. The zero-order valence-corrected chi connectivity index (χ0v) is 12.0. The van der Waals surface area contributed by atoms with Crippen molar-refractivity contribution in [2.24, 2.45) is 0 Å². The van der Waals surface area contributed by atoms with E-state index in [0.717, 1.165) is 21.2 Å². The molecule has 100 valence electrons. The molecule has 0 atom stereocenters. The van der Waals surface area contributed by atoms with E-state index in [2.05, 4.69) is 4.74 Å². The van der Waals surface area contributed by atoms with Gasteiger partial charge in [-0.05, 0) is 18.2 Å². The van der Waals surface area contributed by atoms with E-state index in [9.17, 15) is 4.79 Å². The normalized spacial score (nSPS) is 10.4. The first-order valence-electron chi connectivity index (χ1n) is 5.55. The fraction of sp³-hybridized carbons (Fsp3) is 0.154. The van der Waals surface area contributed by atoms with Crippen LogP contribution in [0.5, 0.6) is 0 Å². The van der Waals surface area contributed by atoms with Crippen molar-refractivity contribution in [3.8, 4) is 0 Å². The number of esters is 1. The Bertz CT molecular complexity index is 596. The molecule has 0 radical (unpaired) electrons. The highest BCUT2D eigenvalue weighted by molar-refractivity contribution is 7.98. The van der Waals surface area contributed by atoms with Crippen LogP contribution < -0.4 is 11.5 Å². The van der Waals surface area contributed by atoms with Crippen LogP contribution in [0.3, 0.4) is 0 Å². The molecule has 0 fully saturated rings. The van der Waals surface area contributed by atoms with Gasteiger partial charge >= 0.3 is 5.97 Å². The number of carbonyl (C=O) groups excluding carboxylic acids is 1. The van der Waals surface area contributed by atoms with Gasteiger partial charge in [0.15, 0.2) is 0 Å². The standard InChI is InChI=1S/C13H14N2O2S2/c1-17-13(16)9-6-8(19-12(9)15)7-18-11-5-3-2-4-10(11)14/h2-6H,7,14-15H2,1H3. The van der Waals surface area contributed by atoms with E-state index in [4.69, 9.17) is 11.5 Å². The van der Waals surface area contributed by atoms with Crippen LogP contribution in [0.4, 0.5) is 10.7 Å². The van der Waals surface area contributed by atoms with E-state index in [1.807, 2.05) is 24.3 Å². The molecule has 0 bridgehead atoms. The Hall–Kier alpha value is -1.66. The first kappa shape index (κ1) is 13.8. The van der Waals surface area contributed by atoms with Gasteiger partial charge in [-0.2, -0.15) is 0 Å². The maximum absolute atomic E-state index is 11.5. The molecule has 0 saturated heterocycles. The van der Waals surface area contributed by atoms with E-state index < -0.39 is 5.97 Å². The summed E-state index contributed by atoms with van der Waals surface area (Å²) in [4.78, 5) is 13.5. The van der Waals surface area contributed by atoms with Gasteiger partial charge in [-0.25, -0.2) is 4.79 Å². The molecule has 0 aliphatic rings. The number of hydrogen-bond donors (Lipinski definition) is 2. The van der Waals surface area contributed by atoms with Gasteiger partial charge in [-0.3, -0.25) is 0 Å². The number of para-hydroxylation sites is 1. The van der Waals surface area contributed by atoms with Gasteiger partial charge in [0.25, 0.3) is 0 Å². The quantitative estimate of drug-likeness (QED) is 0.515. The van der Waals surface area contributed by atoms with Gasteiger partial charge in [-0.15, -0.1) is 23.1 Å². The number of thiophene rings is 1. The Morgan fingerprint density at radius 1 is 1.37 bits per heavy atom. The predicted octanol–water partition coefficient (Wildman–Crippen LogP) is 2.99. The van der Waals surface area contributed by atoms with Crippen LogP contribution in [0.1, 0.15) is 15.2 Å². The molecule has 1 aromatic carbocycles. The van der Waals surface area contributed by atoms with Crippen LogP contribution >= 0.6 is 23.1 Å². The van der Waals surface area contributed by atoms with E-state index in [1.54, 1.807) is 17.8 Å². The molecule has 0 aliphatic heterocycles. The highest BCUT2D eigenvalue weighted by Gasteiger charge is 2.14. The molecular formula is C13H14N2O2S2. The second kappa shape index (κ2) is 5.99. The third-order valence-corrected chi connectivity index (χ3v) is 4.79. The molecule has 4 N–H and O–H groups in total. The van der Waals surface area contributed by atoms with Crippen molar-refractivity contribution in [1.29, 1.82) is 0 Å². The van der Waals surface area contributed by atoms with E-state index in [-0.39, 0.29) is 0 Å². The van der Waals surface area contributed by atoms with Gasteiger partial charge in [0.05, 0.1) is 12.7 Å². The minimum atomic E-state index is -0.399. The average molecular weight is 294 g/mol. The molecule has 1 aromatic heterocycles. The SMILES string of the molecule is COC(=O)c1cc(CSc2ccccc2N)sc1N.